The van der Waals surface area contributed by atoms with E-state index in [1.165, 1.54) is 12.8 Å². The van der Waals surface area contributed by atoms with Crippen molar-refractivity contribution in [2.24, 2.45) is 0 Å². The number of nitrogens with one attached hydrogen (secondary N) is 1. The first kappa shape index (κ1) is 12.7. The molecule has 1 aliphatic rings. The van der Waals surface area contributed by atoms with Crippen molar-refractivity contribution in [2.75, 3.05) is 11.9 Å². The topological polar surface area (TPSA) is 28.2 Å². The van der Waals surface area contributed by atoms with Gasteiger partial charge in [0.05, 0.1) is 5.02 Å². The molecule has 0 radical (unpaired) electrons. The minimum atomic E-state index is 0.438. The van der Waals surface area contributed by atoms with E-state index in [-0.39, 0.29) is 0 Å². The summed E-state index contributed by atoms with van der Waals surface area (Å²) >= 11 is 6.16. The second-order valence-corrected chi connectivity index (χ2v) is 5.40. The summed E-state index contributed by atoms with van der Waals surface area (Å²) in [5.74, 6) is 0.983. The number of halogens is 1. The van der Waals surface area contributed by atoms with Gasteiger partial charge in [-0.3, -0.25) is 0 Å². The van der Waals surface area contributed by atoms with Gasteiger partial charge in [0.1, 0.15) is 5.82 Å². The fourth-order valence-electron chi connectivity index (χ4n) is 1.60. The lowest BCUT2D eigenvalue weighted by atomic mass is 10.2. The van der Waals surface area contributed by atoms with Gasteiger partial charge in [0.15, 0.2) is 0 Å². The summed E-state index contributed by atoms with van der Waals surface area (Å²) in [7, 11) is 2.05. The largest absolute Gasteiger partial charge is 0.357 e. The third-order valence-corrected chi connectivity index (χ3v) is 3.56. The number of rotatable bonds is 5. The lowest BCUT2D eigenvalue weighted by Gasteiger charge is -2.23. The highest BCUT2D eigenvalue weighted by molar-refractivity contribution is 6.31. The average Bonchev–Trinajstić information content (AvgIpc) is 3.11. The van der Waals surface area contributed by atoms with Gasteiger partial charge in [0.2, 0.25) is 0 Å². The molecular formula is C13H20ClN3. The number of hydrogen-bond donors (Lipinski definition) is 1. The van der Waals surface area contributed by atoms with Gasteiger partial charge in [-0.15, -0.1) is 0 Å². The highest BCUT2D eigenvalue weighted by Crippen LogP contribution is 2.23. The molecule has 0 amide bonds. The fourth-order valence-corrected chi connectivity index (χ4v) is 1.77. The second-order valence-electron chi connectivity index (χ2n) is 4.99. The molecule has 0 saturated heterocycles. The zero-order chi connectivity index (χ0) is 12.4. The molecule has 1 N–H and O–H groups in total. The fraction of sp³-hybridized carbons (Fsp3) is 0.615. The van der Waals surface area contributed by atoms with Crippen LogP contribution in [-0.2, 0) is 6.54 Å². The molecule has 17 heavy (non-hydrogen) atoms. The van der Waals surface area contributed by atoms with Crippen LogP contribution in [0, 0.1) is 0 Å². The Bertz CT molecular complexity index is 388. The number of anilines is 1. The maximum absolute atomic E-state index is 6.16. The molecule has 1 aromatic heterocycles. The Morgan fingerprint density at radius 1 is 1.53 bits per heavy atom. The van der Waals surface area contributed by atoms with E-state index >= 15 is 0 Å². The van der Waals surface area contributed by atoms with Gasteiger partial charge in [-0.05, 0) is 38.3 Å². The van der Waals surface area contributed by atoms with Gasteiger partial charge < -0.3 is 10.2 Å². The van der Waals surface area contributed by atoms with Crippen LogP contribution in [0.4, 0.5) is 5.82 Å². The molecular weight excluding hydrogens is 234 g/mol. The van der Waals surface area contributed by atoms with E-state index in [0.29, 0.717) is 12.1 Å². The number of hydrogen-bond acceptors (Lipinski definition) is 3. The van der Waals surface area contributed by atoms with Crippen molar-refractivity contribution in [3.63, 3.8) is 0 Å². The lowest BCUT2D eigenvalue weighted by molar-refractivity contribution is 0.685. The molecule has 0 unspecified atom stereocenters. The Labute approximate surface area is 108 Å². The Morgan fingerprint density at radius 3 is 2.82 bits per heavy atom. The van der Waals surface area contributed by atoms with Crippen LogP contribution in [0.3, 0.4) is 0 Å². The van der Waals surface area contributed by atoms with Crippen LogP contribution in [0.1, 0.15) is 32.3 Å². The van der Waals surface area contributed by atoms with Crippen molar-refractivity contribution >= 4 is 17.4 Å². The molecule has 0 bridgehead atoms. The van der Waals surface area contributed by atoms with Crippen molar-refractivity contribution < 1.29 is 0 Å². The average molecular weight is 254 g/mol. The minimum Gasteiger partial charge on any atom is -0.357 e. The molecule has 4 heteroatoms. The summed E-state index contributed by atoms with van der Waals surface area (Å²) in [6.07, 6.45) is 4.34. The Kier molecular flexibility index (Phi) is 3.89. The van der Waals surface area contributed by atoms with Gasteiger partial charge in [-0.25, -0.2) is 4.98 Å². The maximum Gasteiger partial charge on any atom is 0.128 e. The SMILES string of the molecule is CC(C)N(C)c1cc(CNC2CC2)c(Cl)cn1. The molecule has 0 atom stereocenters. The predicted molar refractivity (Wildman–Crippen MR) is 72.6 cm³/mol. The Hall–Kier alpha value is -0.800. The smallest absolute Gasteiger partial charge is 0.128 e. The molecule has 0 aromatic carbocycles. The summed E-state index contributed by atoms with van der Waals surface area (Å²) in [4.78, 5) is 6.52. The monoisotopic (exact) mass is 253 g/mol. The molecule has 1 fully saturated rings. The van der Waals surface area contributed by atoms with E-state index in [1.54, 1.807) is 6.20 Å². The molecule has 1 aromatic rings. The first-order valence-electron chi connectivity index (χ1n) is 6.18. The molecule has 1 saturated carbocycles. The molecule has 94 valence electrons. The molecule has 0 aliphatic heterocycles. The first-order valence-corrected chi connectivity index (χ1v) is 6.56. The minimum absolute atomic E-state index is 0.438. The van der Waals surface area contributed by atoms with Crippen LogP contribution >= 0.6 is 11.6 Å². The Balaban J connectivity index is 2.09. The van der Waals surface area contributed by atoms with Crippen LogP contribution in [0.15, 0.2) is 12.3 Å². The summed E-state index contributed by atoms with van der Waals surface area (Å²) < 4.78 is 0. The van der Waals surface area contributed by atoms with Crippen molar-refractivity contribution in [3.05, 3.63) is 22.8 Å². The summed E-state index contributed by atoms with van der Waals surface area (Å²) in [5.41, 5.74) is 1.14. The van der Waals surface area contributed by atoms with E-state index in [0.717, 1.165) is 22.9 Å². The van der Waals surface area contributed by atoms with Crippen LogP contribution in [0.2, 0.25) is 5.02 Å². The van der Waals surface area contributed by atoms with Gasteiger partial charge >= 0.3 is 0 Å². The van der Waals surface area contributed by atoms with Crippen molar-refractivity contribution in [2.45, 2.75) is 45.3 Å². The molecule has 1 aliphatic carbocycles. The molecule has 1 heterocycles. The number of nitrogens with zero attached hydrogens (tertiary/aromatic N) is 2. The zero-order valence-electron chi connectivity index (χ0n) is 10.7. The standard InChI is InChI=1S/C13H20ClN3/c1-9(2)17(3)13-6-10(12(14)8-16-13)7-15-11-4-5-11/h6,8-9,11,15H,4-5,7H2,1-3H3. The van der Waals surface area contributed by atoms with Crippen molar-refractivity contribution in [1.82, 2.24) is 10.3 Å². The first-order chi connectivity index (χ1) is 8.08. The molecule has 3 nitrogen and oxygen atoms in total. The van der Waals surface area contributed by atoms with Crippen LogP contribution in [0.5, 0.6) is 0 Å². The maximum atomic E-state index is 6.16. The van der Waals surface area contributed by atoms with Crippen LogP contribution in [0.25, 0.3) is 0 Å². The highest BCUT2D eigenvalue weighted by Gasteiger charge is 2.20. The molecule has 0 spiro atoms. The second kappa shape index (κ2) is 5.23. The number of aromatic nitrogens is 1. The van der Waals surface area contributed by atoms with Gasteiger partial charge in [0.25, 0.3) is 0 Å². The Morgan fingerprint density at radius 2 is 2.24 bits per heavy atom. The zero-order valence-corrected chi connectivity index (χ0v) is 11.5. The summed E-state index contributed by atoms with van der Waals surface area (Å²) in [6.45, 7) is 5.14. The van der Waals surface area contributed by atoms with Gasteiger partial charge in [-0.2, -0.15) is 0 Å². The lowest BCUT2D eigenvalue weighted by Crippen LogP contribution is -2.27. The highest BCUT2D eigenvalue weighted by atomic mass is 35.5. The van der Waals surface area contributed by atoms with E-state index in [1.807, 2.05) is 0 Å². The van der Waals surface area contributed by atoms with E-state index in [4.69, 9.17) is 11.6 Å². The van der Waals surface area contributed by atoms with E-state index < -0.39 is 0 Å². The normalized spacial score (nSPS) is 15.4. The summed E-state index contributed by atoms with van der Waals surface area (Å²) in [5, 5.41) is 4.23. The van der Waals surface area contributed by atoms with E-state index in [2.05, 4.69) is 42.2 Å². The van der Waals surface area contributed by atoms with Crippen LogP contribution in [-0.4, -0.2) is 24.1 Å². The van der Waals surface area contributed by atoms with E-state index in [9.17, 15) is 0 Å². The van der Waals surface area contributed by atoms with Crippen LogP contribution < -0.4 is 10.2 Å². The van der Waals surface area contributed by atoms with Gasteiger partial charge in [-0.1, -0.05) is 11.6 Å². The third kappa shape index (κ3) is 3.33. The third-order valence-electron chi connectivity index (χ3n) is 3.21. The quantitative estimate of drug-likeness (QED) is 0.875. The van der Waals surface area contributed by atoms with Crippen molar-refractivity contribution in [3.8, 4) is 0 Å². The van der Waals surface area contributed by atoms with Gasteiger partial charge in [0, 0.05) is 31.9 Å². The molecule has 2 rings (SSSR count). The number of pyridine rings is 1. The predicted octanol–water partition coefficient (Wildman–Crippen LogP) is 2.83. The van der Waals surface area contributed by atoms with Crippen molar-refractivity contribution in [1.29, 1.82) is 0 Å². The summed E-state index contributed by atoms with van der Waals surface area (Å²) in [6, 6.07) is 3.22.